The van der Waals surface area contributed by atoms with Gasteiger partial charge in [0.2, 0.25) is 5.91 Å². The number of amides is 1. The van der Waals surface area contributed by atoms with E-state index in [1.807, 2.05) is 0 Å². The van der Waals surface area contributed by atoms with Crippen molar-refractivity contribution in [3.05, 3.63) is 57.0 Å². The Bertz CT molecular complexity index is 694. The fraction of sp³-hybridized carbons (Fsp3) is 0.143. The van der Waals surface area contributed by atoms with Crippen LogP contribution in [0.3, 0.4) is 0 Å². The Morgan fingerprint density at radius 1 is 1.36 bits per heavy atom. The number of ether oxygens (including phenoxy) is 1. The molecule has 0 aliphatic carbocycles. The molecular formula is C14H13N3O4S. The van der Waals surface area contributed by atoms with Crippen molar-refractivity contribution in [1.82, 2.24) is 5.43 Å². The Labute approximate surface area is 130 Å². The van der Waals surface area contributed by atoms with E-state index in [1.165, 1.54) is 12.3 Å². The van der Waals surface area contributed by atoms with Gasteiger partial charge < -0.3 is 4.74 Å². The Morgan fingerprint density at radius 2 is 2.09 bits per heavy atom. The van der Waals surface area contributed by atoms with E-state index in [2.05, 4.69) is 10.5 Å². The molecule has 22 heavy (non-hydrogen) atoms. The van der Waals surface area contributed by atoms with Crippen molar-refractivity contribution in [2.24, 2.45) is 5.10 Å². The Morgan fingerprint density at radius 3 is 2.68 bits per heavy atom. The minimum Gasteiger partial charge on any atom is -0.497 e. The van der Waals surface area contributed by atoms with Gasteiger partial charge >= 0.3 is 5.00 Å². The number of rotatable bonds is 6. The standard InChI is InChI=1S/C14H13N3O4S/c1-21-11-4-2-10(3-5-11)8-13(18)16-15-9-12-6-7-14(22-12)17(19)20/h2-7,9H,8H2,1H3,(H,16,18)/b15-9-. The molecule has 0 spiro atoms. The maximum Gasteiger partial charge on any atom is 0.324 e. The Kier molecular flexibility index (Phi) is 5.21. The number of methoxy groups -OCH3 is 1. The van der Waals surface area contributed by atoms with Gasteiger partial charge in [-0.05, 0) is 23.8 Å². The van der Waals surface area contributed by atoms with Crippen molar-refractivity contribution in [2.45, 2.75) is 6.42 Å². The van der Waals surface area contributed by atoms with Gasteiger partial charge in [0.25, 0.3) is 0 Å². The minimum absolute atomic E-state index is 0.0333. The van der Waals surface area contributed by atoms with Crippen LogP contribution in [0.5, 0.6) is 5.75 Å². The second kappa shape index (κ2) is 7.32. The lowest BCUT2D eigenvalue weighted by Gasteiger charge is -2.02. The minimum atomic E-state index is -0.468. The molecule has 0 radical (unpaired) electrons. The van der Waals surface area contributed by atoms with Crippen molar-refractivity contribution in [2.75, 3.05) is 7.11 Å². The predicted molar refractivity (Wildman–Crippen MR) is 83.4 cm³/mol. The van der Waals surface area contributed by atoms with Gasteiger partial charge in [0.1, 0.15) is 5.75 Å². The number of hydrazone groups is 1. The normalized spacial score (nSPS) is 10.6. The van der Waals surface area contributed by atoms with Crippen molar-refractivity contribution in [3.8, 4) is 5.75 Å². The molecule has 8 heteroatoms. The fourth-order valence-electron chi connectivity index (χ4n) is 1.65. The summed E-state index contributed by atoms with van der Waals surface area (Å²) in [7, 11) is 1.57. The largest absolute Gasteiger partial charge is 0.497 e. The number of carbonyl (C=O) groups excluding carboxylic acids is 1. The molecule has 7 nitrogen and oxygen atoms in total. The average molecular weight is 319 g/mol. The van der Waals surface area contributed by atoms with Crippen LogP contribution in [0, 0.1) is 10.1 Å². The van der Waals surface area contributed by atoms with Crippen LogP contribution >= 0.6 is 11.3 Å². The highest BCUT2D eigenvalue weighted by atomic mass is 32.1. The lowest BCUT2D eigenvalue weighted by Crippen LogP contribution is -2.19. The monoisotopic (exact) mass is 319 g/mol. The van der Waals surface area contributed by atoms with E-state index >= 15 is 0 Å². The zero-order valence-electron chi connectivity index (χ0n) is 11.7. The molecule has 1 aromatic heterocycles. The number of hydrogen-bond donors (Lipinski definition) is 1. The average Bonchev–Trinajstić information content (AvgIpc) is 2.97. The van der Waals surface area contributed by atoms with Gasteiger partial charge in [0, 0.05) is 6.07 Å². The number of nitro groups is 1. The number of thiophene rings is 1. The summed E-state index contributed by atoms with van der Waals surface area (Å²) in [4.78, 5) is 22.4. The molecule has 114 valence electrons. The smallest absolute Gasteiger partial charge is 0.324 e. The summed E-state index contributed by atoms with van der Waals surface area (Å²) in [5.41, 5.74) is 3.22. The first-order valence-corrected chi connectivity index (χ1v) is 7.09. The third-order valence-corrected chi connectivity index (χ3v) is 3.67. The van der Waals surface area contributed by atoms with Gasteiger partial charge in [-0.15, -0.1) is 0 Å². The highest BCUT2D eigenvalue weighted by Crippen LogP contribution is 2.22. The van der Waals surface area contributed by atoms with Crippen LogP contribution in [0.2, 0.25) is 0 Å². The van der Waals surface area contributed by atoms with Gasteiger partial charge in [0.05, 0.1) is 29.5 Å². The van der Waals surface area contributed by atoms with Crippen LogP contribution in [-0.2, 0) is 11.2 Å². The Hall–Kier alpha value is -2.74. The van der Waals surface area contributed by atoms with Crippen LogP contribution < -0.4 is 10.2 Å². The van der Waals surface area contributed by atoms with Gasteiger partial charge in [0.15, 0.2) is 0 Å². The molecule has 0 fully saturated rings. The van der Waals surface area contributed by atoms with Crippen LogP contribution in [0.1, 0.15) is 10.4 Å². The first-order valence-electron chi connectivity index (χ1n) is 6.27. The molecule has 0 saturated heterocycles. The third kappa shape index (κ3) is 4.38. The zero-order chi connectivity index (χ0) is 15.9. The quantitative estimate of drug-likeness (QED) is 0.502. The van der Waals surface area contributed by atoms with Crippen LogP contribution in [0.4, 0.5) is 5.00 Å². The number of benzene rings is 1. The SMILES string of the molecule is COc1ccc(CC(=O)N/N=C\c2ccc([N+](=O)[O-])s2)cc1. The summed E-state index contributed by atoms with van der Waals surface area (Å²) in [6.07, 6.45) is 1.56. The fourth-order valence-corrected chi connectivity index (χ4v) is 2.34. The first-order chi connectivity index (χ1) is 10.6. The summed E-state index contributed by atoms with van der Waals surface area (Å²) in [5.74, 6) is 0.453. The Balaban J connectivity index is 1.85. The van der Waals surface area contributed by atoms with Gasteiger partial charge in [-0.2, -0.15) is 5.10 Å². The van der Waals surface area contributed by atoms with E-state index in [0.717, 1.165) is 22.6 Å². The number of hydrogen-bond acceptors (Lipinski definition) is 6. The molecule has 0 unspecified atom stereocenters. The summed E-state index contributed by atoms with van der Waals surface area (Å²) in [5, 5.41) is 14.4. The van der Waals surface area contributed by atoms with E-state index in [1.54, 1.807) is 37.4 Å². The van der Waals surface area contributed by atoms with E-state index < -0.39 is 4.92 Å². The molecule has 1 N–H and O–H groups in total. The van der Waals surface area contributed by atoms with Crippen molar-refractivity contribution in [1.29, 1.82) is 0 Å². The zero-order valence-corrected chi connectivity index (χ0v) is 12.5. The second-order valence-corrected chi connectivity index (χ2v) is 5.34. The number of nitrogens with zero attached hydrogens (tertiary/aromatic N) is 2. The second-order valence-electron chi connectivity index (χ2n) is 4.25. The van der Waals surface area contributed by atoms with Crippen molar-refractivity contribution >= 4 is 28.5 Å². The molecule has 0 bridgehead atoms. The van der Waals surface area contributed by atoms with Crippen molar-refractivity contribution in [3.63, 3.8) is 0 Å². The molecule has 0 saturated carbocycles. The molecular weight excluding hydrogens is 306 g/mol. The maximum absolute atomic E-state index is 11.7. The highest BCUT2D eigenvalue weighted by Gasteiger charge is 2.08. The lowest BCUT2D eigenvalue weighted by atomic mass is 10.1. The predicted octanol–water partition coefficient (Wildman–Crippen LogP) is 2.36. The number of carbonyl (C=O) groups is 1. The van der Waals surface area contributed by atoms with E-state index in [0.29, 0.717) is 4.88 Å². The highest BCUT2D eigenvalue weighted by molar-refractivity contribution is 7.16. The maximum atomic E-state index is 11.7. The molecule has 1 heterocycles. The lowest BCUT2D eigenvalue weighted by molar-refractivity contribution is -0.380. The molecule has 0 atom stereocenters. The molecule has 1 amide bonds. The van der Waals surface area contributed by atoms with Gasteiger partial charge in [-0.1, -0.05) is 23.5 Å². The van der Waals surface area contributed by atoms with Gasteiger partial charge in [-0.25, -0.2) is 5.43 Å². The molecule has 2 rings (SSSR count). The summed E-state index contributed by atoms with van der Waals surface area (Å²) in [6.45, 7) is 0. The topological polar surface area (TPSA) is 93.8 Å². The third-order valence-electron chi connectivity index (χ3n) is 2.70. The molecule has 1 aromatic carbocycles. The van der Waals surface area contributed by atoms with E-state index in [9.17, 15) is 14.9 Å². The molecule has 0 aliphatic heterocycles. The first kappa shape index (κ1) is 15.6. The van der Waals surface area contributed by atoms with E-state index in [-0.39, 0.29) is 17.3 Å². The summed E-state index contributed by atoms with van der Waals surface area (Å²) < 4.78 is 5.04. The summed E-state index contributed by atoms with van der Waals surface area (Å²) >= 11 is 0.987. The number of nitrogens with one attached hydrogen (secondary N) is 1. The van der Waals surface area contributed by atoms with Crippen LogP contribution in [0.15, 0.2) is 41.5 Å². The van der Waals surface area contributed by atoms with Crippen LogP contribution in [0.25, 0.3) is 0 Å². The molecule has 0 aliphatic rings. The van der Waals surface area contributed by atoms with Crippen LogP contribution in [-0.4, -0.2) is 24.2 Å². The summed E-state index contributed by atoms with van der Waals surface area (Å²) in [6, 6.07) is 10.1. The van der Waals surface area contributed by atoms with Crippen molar-refractivity contribution < 1.29 is 14.5 Å². The van der Waals surface area contributed by atoms with E-state index in [4.69, 9.17) is 4.74 Å². The molecule has 2 aromatic rings. The van der Waals surface area contributed by atoms with Gasteiger partial charge in [-0.3, -0.25) is 14.9 Å².